The Morgan fingerprint density at radius 3 is 2.52 bits per heavy atom. The van der Waals surface area contributed by atoms with Gasteiger partial charge in [0.25, 0.3) is 5.91 Å². The van der Waals surface area contributed by atoms with Gasteiger partial charge in [-0.1, -0.05) is 19.9 Å². The molecule has 2 N–H and O–H groups in total. The molecular weight excluding hydrogens is 933 g/mol. The molecule has 1 spiro atoms. The molecule has 4 atom stereocenters. The van der Waals surface area contributed by atoms with Crippen LogP contribution in [0.1, 0.15) is 82.2 Å². The van der Waals surface area contributed by atoms with Gasteiger partial charge in [0.2, 0.25) is 5.91 Å². The number of thiazole rings is 1. The van der Waals surface area contributed by atoms with Gasteiger partial charge in [0, 0.05) is 105 Å². The number of methoxy groups -OCH3 is 1. The molecule has 0 radical (unpaired) electrons. The molecule has 6 bridgehead atoms. The molecule has 4 aliphatic heterocycles. The molecule has 19 heteroatoms. The van der Waals surface area contributed by atoms with Crippen molar-refractivity contribution < 1.29 is 28.6 Å². The SMILES string of the molecule is CCn1c(-c2cc(N3CCN(C)CC3)cnc2[C@H](C)OC)c2c3cc(ccc31)-c1csc(n1)C[C@H](NC(=O)[C@H]1CC13CCOCC3)C(=O)N1CCC[C@H](N1)C(=O)OCC(C)(C)C2.S.S.S.S. The number of nitrogens with zero attached hydrogens (tertiary/aromatic N) is 6. The maximum atomic E-state index is 14.4. The third-order valence-electron chi connectivity index (χ3n) is 14.1. The van der Waals surface area contributed by atoms with Gasteiger partial charge in [-0.3, -0.25) is 24.4 Å². The fourth-order valence-electron chi connectivity index (χ4n) is 10.2. The number of esters is 1. The average molecular weight is 1000 g/mol. The summed E-state index contributed by atoms with van der Waals surface area (Å²) in [7, 11) is 3.90. The van der Waals surface area contributed by atoms with Gasteiger partial charge in [0.05, 0.1) is 46.7 Å². The van der Waals surface area contributed by atoms with Crippen molar-refractivity contribution in [3.05, 3.63) is 52.1 Å². The predicted octanol–water partition coefficient (Wildman–Crippen LogP) is 6.22. The number of cyclic esters (lactones) is 1. The molecule has 2 amide bonds. The van der Waals surface area contributed by atoms with E-state index in [-0.39, 0.29) is 102 Å². The second-order valence-corrected chi connectivity index (χ2v) is 19.9. The first-order chi connectivity index (χ1) is 29.9. The second kappa shape index (κ2) is 22.2. The fraction of sp³-hybridized carbons (Fsp3) is 0.596. The Kier molecular flexibility index (Phi) is 18.1. The first-order valence-electron chi connectivity index (χ1n) is 22.6. The number of hydrogen-bond donors (Lipinski definition) is 2. The summed E-state index contributed by atoms with van der Waals surface area (Å²) in [5.74, 6) is -0.899. The lowest BCUT2D eigenvalue weighted by Gasteiger charge is -2.35. The minimum Gasteiger partial charge on any atom is -0.464 e. The molecule has 1 aromatic carbocycles. The van der Waals surface area contributed by atoms with E-state index >= 15 is 0 Å². The summed E-state index contributed by atoms with van der Waals surface area (Å²) in [5.41, 5.74) is 10.8. The number of pyridine rings is 1. The van der Waals surface area contributed by atoms with Gasteiger partial charge in [-0.15, -0.1) is 11.3 Å². The molecule has 4 aromatic rings. The molecule has 5 aliphatic rings. The second-order valence-electron chi connectivity index (χ2n) is 19.0. The largest absolute Gasteiger partial charge is 0.464 e. The highest BCUT2D eigenvalue weighted by molar-refractivity contribution is 7.59. The smallest absolute Gasteiger partial charge is 0.324 e. The van der Waals surface area contributed by atoms with Gasteiger partial charge in [-0.05, 0) is 88.6 Å². The van der Waals surface area contributed by atoms with Gasteiger partial charge >= 0.3 is 5.97 Å². The molecule has 0 unspecified atom stereocenters. The van der Waals surface area contributed by atoms with E-state index in [9.17, 15) is 14.4 Å². The van der Waals surface area contributed by atoms with Crippen molar-refractivity contribution >= 4 is 99.7 Å². The summed E-state index contributed by atoms with van der Waals surface area (Å²) in [6, 6.07) is 7.32. The van der Waals surface area contributed by atoms with Crippen LogP contribution in [0, 0.1) is 16.7 Å². The van der Waals surface area contributed by atoms with Gasteiger partial charge in [0.1, 0.15) is 12.1 Å². The molecule has 66 heavy (non-hydrogen) atoms. The normalized spacial score (nSPS) is 23.3. The van der Waals surface area contributed by atoms with Gasteiger partial charge < -0.3 is 33.9 Å². The molecule has 9 rings (SSSR count). The topological polar surface area (TPSA) is 143 Å². The summed E-state index contributed by atoms with van der Waals surface area (Å²) in [6.07, 6.45) is 6.28. The zero-order valence-electron chi connectivity index (χ0n) is 39.1. The first-order valence-corrected chi connectivity index (χ1v) is 23.4. The van der Waals surface area contributed by atoms with Gasteiger partial charge in [0.15, 0.2) is 0 Å². The van der Waals surface area contributed by atoms with Crippen LogP contribution in [-0.2, 0) is 48.0 Å². The highest BCUT2D eigenvalue weighted by Crippen LogP contribution is 2.59. The number of rotatable bonds is 7. The monoisotopic (exact) mass is 1000 g/mol. The number of carbonyl (C=O) groups excluding carboxylic acids is 3. The minimum atomic E-state index is -0.854. The van der Waals surface area contributed by atoms with E-state index in [2.05, 4.69) is 89.5 Å². The van der Waals surface area contributed by atoms with Crippen LogP contribution in [0.2, 0.25) is 0 Å². The van der Waals surface area contributed by atoms with Crippen molar-refractivity contribution in [1.82, 2.24) is 35.2 Å². The number of hydrogen-bond acceptors (Lipinski definition) is 12. The molecule has 4 fully saturated rings. The van der Waals surface area contributed by atoms with E-state index in [0.717, 1.165) is 107 Å². The lowest BCUT2D eigenvalue weighted by atomic mass is 9.84. The number of likely N-dealkylation sites (N-methyl/N-ethyl adjacent to an activating group) is 1. The number of amides is 2. The summed E-state index contributed by atoms with van der Waals surface area (Å²) in [4.78, 5) is 57.2. The van der Waals surface area contributed by atoms with Crippen LogP contribution >= 0.6 is 65.3 Å². The molecule has 364 valence electrons. The molecule has 3 aromatic heterocycles. The average Bonchev–Trinajstić information content (AvgIpc) is 3.60. The van der Waals surface area contributed by atoms with E-state index < -0.39 is 17.5 Å². The van der Waals surface area contributed by atoms with E-state index in [4.69, 9.17) is 24.2 Å². The van der Waals surface area contributed by atoms with Crippen LogP contribution < -0.4 is 15.6 Å². The van der Waals surface area contributed by atoms with Crippen molar-refractivity contribution in [1.29, 1.82) is 0 Å². The fourth-order valence-corrected chi connectivity index (χ4v) is 11.0. The van der Waals surface area contributed by atoms with Crippen LogP contribution in [0.4, 0.5) is 5.69 Å². The van der Waals surface area contributed by atoms with Crippen LogP contribution in [-0.4, -0.2) is 121 Å². The summed E-state index contributed by atoms with van der Waals surface area (Å²) < 4.78 is 20.1. The van der Waals surface area contributed by atoms with E-state index in [0.29, 0.717) is 39.0 Å². The maximum absolute atomic E-state index is 14.4. The Balaban J connectivity index is 0.00000204. The number of piperazine rings is 1. The highest BCUT2D eigenvalue weighted by atomic mass is 32.1. The van der Waals surface area contributed by atoms with E-state index in [1.165, 1.54) is 16.3 Å². The van der Waals surface area contributed by atoms with E-state index in [1.54, 1.807) is 7.11 Å². The zero-order valence-corrected chi connectivity index (χ0v) is 43.9. The highest BCUT2D eigenvalue weighted by Gasteiger charge is 2.58. The van der Waals surface area contributed by atoms with Crippen LogP contribution in [0.25, 0.3) is 33.4 Å². The van der Waals surface area contributed by atoms with Gasteiger partial charge in [-0.2, -0.15) is 54.0 Å². The standard InChI is InChI=1S/C47H62N8O6S.4H2S/c1-7-54-39-11-10-30-21-32(39)34(42(54)33-22-31(26-48-41(33)29(2)59-6)53-17-15-52(5)16-18-53)24-46(3,4)28-61-45(58)36-9-8-14-55(51-36)44(57)37(23-40-49-38(30)27-62-40)50-43(56)35-25-47(35)12-19-60-20-13-47;;;;/h10-11,21-22,26-27,29,35-37,51H,7-9,12-20,23-25,28H2,1-6H3,(H,50,56);4*1H2/t29-,35+,36-,37-;;;;/m0..../s1. The third kappa shape index (κ3) is 10.9. The van der Waals surface area contributed by atoms with Crippen molar-refractivity contribution in [3.63, 3.8) is 0 Å². The Labute approximate surface area is 421 Å². The predicted molar refractivity (Wildman–Crippen MR) is 281 cm³/mol. The number of fused-ring (bicyclic) bond motifs is 6. The summed E-state index contributed by atoms with van der Waals surface area (Å²) in [5, 5.41) is 8.58. The number of anilines is 1. The lowest BCUT2D eigenvalue weighted by Crippen LogP contribution is -2.60. The number of ether oxygens (including phenoxy) is 3. The maximum Gasteiger partial charge on any atom is 0.324 e. The number of carbonyl (C=O) groups is 3. The van der Waals surface area contributed by atoms with E-state index in [1.807, 2.05) is 6.20 Å². The minimum absolute atomic E-state index is 0. The van der Waals surface area contributed by atoms with Crippen LogP contribution in [0.5, 0.6) is 0 Å². The molecule has 1 saturated carbocycles. The molecular formula is C47H70N8O6S5. The number of nitrogens with one attached hydrogen (secondary N) is 2. The van der Waals surface area contributed by atoms with Crippen molar-refractivity contribution in [2.75, 3.05) is 71.6 Å². The van der Waals surface area contributed by atoms with Crippen molar-refractivity contribution in [2.24, 2.45) is 16.7 Å². The Morgan fingerprint density at radius 2 is 1.80 bits per heavy atom. The molecule has 3 saturated heterocycles. The quantitative estimate of drug-likeness (QED) is 0.204. The van der Waals surface area contributed by atoms with Gasteiger partial charge in [-0.25, -0.2) is 10.4 Å². The van der Waals surface area contributed by atoms with Crippen LogP contribution in [0.15, 0.2) is 35.8 Å². The number of aryl methyl sites for hydroxylation is 1. The Hall–Kier alpha value is -3.01. The number of hydrazine groups is 1. The Bertz CT molecular complexity index is 2350. The number of benzene rings is 1. The first kappa shape index (κ1) is 53.9. The lowest BCUT2D eigenvalue weighted by molar-refractivity contribution is -0.155. The van der Waals surface area contributed by atoms with Crippen molar-refractivity contribution in [2.45, 2.75) is 97.4 Å². The summed E-state index contributed by atoms with van der Waals surface area (Å²) >= 11 is 1.50. The Morgan fingerprint density at radius 1 is 1.06 bits per heavy atom. The molecule has 14 nitrogen and oxygen atoms in total. The summed E-state index contributed by atoms with van der Waals surface area (Å²) in [6.45, 7) is 15.0. The van der Waals surface area contributed by atoms with Crippen LogP contribution in [0.3, 0.4) is 0 Å². The third-order valence-corrected chi connectivity index (χ3v) is 15.0. The molecule has 7 heterocycles. The number of aromatic nitrogens is 3. The van der Waals surface area contributed by atoms with Crippen molar-refractivity contribution in [3.8, 4) is 22.5 Å². The molecule has 1 aliphatic carbocycles. The zero-order chi connectivity index (χ0) is 43.3.